The summed E-state index contributed by atoms with van der Waals surface area (Å²) in [5.41, 5.74) is 1.79. The number of hydrogen-bond acceptors (Lipinski definition) is 4. The molecule has 0 atom stereocenters. The first kappa shape index (κ1) is 19.1. The van der Waals surface area contributed by atoms with Gasteiger partial charge in [0.15, 0.2) is 5.78 Å². The van der Waals surface area contributed by atoms with Crippen molar-refractivity contribution in [3.8, 4) is 0 Å². The van der Waals surface area contributed by atoms with Crippen LogP contribution in [0.15, 0.2) is 59.2 Å². The molecule has 0 saturated carbocycles. The summed E-state index contributed by atoms with van der Waals surface area (Å²) >= 11 is 1.61. The Labute approximate surface area is 163 Å². The van der Waals surface area contributed by atoms with Crippen molar-refractivity contribution in [2.24, 2.45) is 0 Å². The molecule has 1 aromatic carbocycles. The van der Waals surface area contributed by atoms with Crippen LogP contribution in [-0.4, -0.2) is 16.6 Å². The first-order valence-electron chi connectivity index (χ1n) is 8.97. The van der Waals surface area contributed by atoms with E-state index in [2.05, 4.69) is 0 Å². The molecule has 27 heavy (non-hydrogen) atoms. The van der Waals surface area contributed by atoms with Gasteiger partial charge in [0.1, 0.15) is 5.76 Å². The number of thiophene rings is 1. The van der Waals surface area contributed by atoms with Crippen molar-refractivity contribution in [1.82, 2.24) is 4.90 Å². The van der Waals surface area contributed by atoms with Crippen LogP contribution >= 0.6 is 11.3 Å². The molecule has 0 aliphatic heterocycles. The number of ketones is 1. The lowest BCUT2D eigenvalue weighted by atomic mass is 10.1. The van der Waals surface area contributed by atoms with Crippen LogP contribution in [0.4, 0.5) is 0 Å². The average Bonchev–Trinajstić information content (AvgIpc) is 3.29. The molecule has 5 heteroatoms. The highest BCUT2D eigenvalue weighted by Gasteiger charge is 2.19. The summed E-state index contributed by atoms with van der Waals surface area (Å²) in [7, 11) is 0. The van der Waals surface area contributed by atoms with E-state index in [1.807, 2.05) is 62.4 Å². The summed E-state index contributed by atoms with van der Waals surface area (Å²) in [5.74, 6) is 0.714. The Morgan fingerprint density at radius 2 is 1.78 bits per heavy atom. The number of carbonyl (C=O) groups is 2. The summed E-state index contributed by atoms with van der Waals surface area (Å²) in [6.07, 6.45) is 2.02. The number of aryl methyl sites for hydroxylation is 2. The minimum Gasteiger partial charge on any atom is -0.467 e. The largest absolute Gasteiger partial charge is 0.467 e. The second kappa shape index (κ2) is 8.82. The van der Waals surface area contributed by atoms with Crippen molar-refractivity contribution in [1.29, 1.82) is 0 Å². The third-order valence-corrected chi connectivity index (χ3v) is 5.37. The van der Waals surface area contributed by atoms with E-state index in [-0.39, 0.29) is 24.5 Å². The summed E-state index contributed by atoms with van der Waals surface area (Å²) in [6, 6.07) is 15.4. The Bertz CT molecular complexity index is 897. The van der Waals surface area contributed by atoms with E-state index < -0.39 is 0 Å². The number of nitrogens with zero attached hydrogens (tertiary/aromatic N) is 1. The van der Waals surface area contributed by atoms with Gasteiger partial charge in [-0.05, 0) is 37.6 Å². The van der Waals surface area contributed by atoms with Gasteiger partial charge >= 0.3 is 0 Å². The molecule has 3 rings (SSSR count). The van der Waals surface area contributed by atoms with E-state index >= 15 is 0 Å². The average molecular weight is 381 g/mol. The van der Waals surface area contributed by atoms with Gasteiger partial charge in [0.05, 0.1) is 12.8 Å². The smallest absolute Gasteiger partial charge is 0.223 e. The number of carbonyl (C=O) groups excluding carboxylic acids is 2. The second-order valence-electron chi connectivity index (χ2n) is 6.56. The Balaban J connectivity index is 1.66. The summed E-state index contributed by atoms with van der Waals surface area (Å²) in [6.45, 7) is 4.83. The fourth-order valence-corrected chi connectivity index (χ4v) is 3.99. The molecule has 0 aliphatic rings. The Morgan fingerprint density at radius 1 is 1.00 bits per heavy atom. The minimum atomic E-state index is -0.0480. The zero-order valence-electron chi connectivity index (χ0n) is 15.6. The SMILES string of the molecule is Cc1cc(C(=O)CCC(=O)N(Cc2ccccc2)Cc2ccco2)c(C)s1. The highest BCUT2D eigenvalue weighted by molar-refractivity contribution is 7.12. The van der Waals surface area contributed by atoms with Gasteiger partial charge < -0.3 is 9.32 Å². The molecular weight excluding hydrogens is 358 g/mol. The van der Waals surface area contributed by atoms with Crippen molar-refractivity contribution in [2.75, 3.05) is 0 Å². The molecule has 3 aromatic rings. The lowest BCUT2D eigenvalue weighted by Gasteiger charge is -2.22. The highest BCUT2D eigenvalue weighted by atomic mass is 32.1. The Kier molecular flexibility index (Phi) is 6.24. The van der Waals surface area contributed by atoms with E-state index in [1.165, 1.54) is 0 Å². The number of benzene rings is 1. The maximum Gasteiger partial charge on any atom is 0.223 e. The molecular formula is C22H23NO3S. The van der Waals surface area contributed by atoms with Crippen molar-refractivity contribution >= 4 is 23.0 Å². The molecule has 0 radical (unpaired) electrons. The molecule has 140 valence electrons. The summed E-state index contributed by atoms with van der Waals surface area (Å²) < 4.78 is 5.41. The number of Topliss-reactive ketones (excluding diaryl/α,β-unsaturated/α-hetero) is 1. The molecule has 0 bridgehead atoms. The van der Waals surface area contributed by atoms with E-state index in [0.29, 0.717) is 13.1 Å². The van der Waals surface area contributed by atoms with E-state index in [0.717, 1.165) is 26.6 Å². The summed E-state index contributed by atoms with van der Waals surface area (Å²) in [4.78, 5) is 29.2. The zero-order chi connectivity index (χ0) is 19.2. The molecule has 0 aliphatic carbocycles. The maximum atomic E-state index is 12.8. The van der Waals surface area contributed by atoms with Crippen LogP contribution in [0.3, 0.4) is 0 Å². The van der Waals surface area contributed by atoms with Crippen LogP contribution in [-0.2, 0) is 17.9 Å². The van der Waals surface area contributed by atoms with Crippen LogP contribution in [0.2, 0.25) is 0 Å². The molecule has 0 fully saturated rings. The normalized spacial score (nSPS) is 10.7. The molecule has 0 saturated heterocycles. The van der Waals surface area contributed by atoms with Gasteiger partial charge in [0, 0.05) is 34.7 Å². The Hall–Kier alpha value is -2.66. The van der Waals surface area contributed by atoms with Gasteiger partial charge in [0.2, 0.25) is 5.91 Å². The molecule has 0 spiro atoms. The number of amides is 1. The van der Waals surface area contributed by atoms with Gasteiger partial charge in [-0.2, -0.15) is 0 Å². The predicted octanol–water partition coefficient (Wildman–Crippen LogP) is 5.15. The third-order valence-electron chi connectivity index (χ3n) is 4.40. The van der Waals surface area contributed by atoms with Crippen molar-refractivity contribution in [3.05, 3.63) is 81.4 Å². The topological polar surface area (TPSA) is 50.5 Å². The summed E-state index contributed by atoms with van der Waals surface area (Å²) in [5, 5.41) is 0. The van der Waals surface area contributed by atoms with E-state index in [9.17, 15) is 9.59 Å². The van der Waals surface area contributed by atoms with Gasteiger partial charge in [-0.1, -0.05) is 30.3 Å². The quantitative estimate of drug-likeness (QED) is 0.507. The minimum absolute atomic E-state index is 0.0304. The van der Waals surface area contributed by atoms with Gasteiger partial charge in [-0.15, -0.1) is 11.3 Å². The van der Waals surface area contributed by atoms with Gasteiger partial charge in [-0.25, -0.2) is 0 Å². The number of hydrogen-bond donors (Lipinski definition) is 0. The fraction of sp³-hybridized carbons (Fsp3) is 0.273. The molecule has 0 unspecified atom stereocenters. The van der Waals surface area contributed by atoms with Crippen LogP contribution in [0.5, 0.6) is 0 Å². The first-order valence-corrected chi connectivity index (χ1v) is 9.79. The number of furan rings is 1. The van der Waals surface area contributed by atoms with E-state index in [4.69, 9.17) is 4.42 Å². The third kappa shape index (κ3) is 5.17. The molecule has 2 aromatic heterocycles. The monoisotopic (exact) mass is 381 g/mol. The van der Waals surface area contributed by atoms with E-state index in [1.54, 1.807) is 22.5 Å². The van der Waals surface area contributed by atoms with Crippen LogP contribution in [0.25, 0.3) is 0 Å². The van der Waals surface area contributed by atoms with Gasteiger partial charge in [-0.3, -0.25) is 9.59 Å². The fourth-order valence-electron chi connectivity index (χ4n) is 3.05. The van der Waals surface area contributed by atoms with Crippen molar-refractivity contribution < 1.29 is 14.0 Å². The van der Waals surface area contributed by atoms with Gasteiger partial charge in [0.25, 0.3) is 0 Å². The zero-order valence-corrected chi connectivity index (χ0v) is 16.4. The predicted molar refractivity (Wildman–Crippen MR) is 107 cm³/mol. The lowest BCUT2D eigenvalue weighted by molar-refractivity contribution is -0.132. The maximum absolute atomic E-state index is 12.8. The lowest BCUT2D eigenvalue weighted by Crippen LogP contribution is -2.30. The van der Waals surface area contributed by atoms with Crippen LogP contribution in [0, 0.1) is 13.8 Å². The van der Waals surface area contributed by atoms with Crippen LogP contribution in [0.1, 0.15) is 44.3 Å². The highest BCUT2D eigenvalue weighted by Crippen LogP contribution is 2.22. The molecule has 4 nitrogen and oxygen atoms in total. The number of rotatable bonds is 8. The molecule has 1 amide bonds. The first-order chi connectivity index (χ1) is 13.0. The van der Waals surface area contributed by atoms with Crippen molar-refractivity contribution in [2.45, 2.75) is 39.8 Å². The Morgan fingerprint density at radius 3 is 2.41 bits per heavy atom. The molecule has 2 heterocycles. The second-order valence-corrected chi connectivity index (χ2v) is 8.03. The van der Waals surface area contributed by atoms with Crippen molar-refractivity contribution in [3.63, 3.8) is 0 Å². The standard InChI is InChI=1S/C22H23NO3S/c1-16-13-20(17(2)27-16)21(24)10-11-22(25)23(15-19-9-6-12-26-19)14-18-7-4-3-5-8-18/h3-9,12-13H,10-11,14-15H2,1-2H3. The molecule has 0 N–H and O–H groups in total. The van der Waals surface area contributed by atoms with Crippen LogP contribution < -0.4 is 0 Å².